The number of benzene rings is 1. The fraction of sp³-hybridized carbons (Fsp3) is 0.538. The first kappa shape index (κ1) is 12.8. The smallest absolute Gasteiger partial charge is 0.119 e. The van der Waals surface area contributed by atoms with Gasteiger partial charge in [0.05, 0.1) is 13.7 Å². The highest BCUT2D eigenvalue weighted by atomic mass is 16.5. The Balaban J connectivity index is 2.59. The molecule has 0 heterocycles. The van der Waals surface area contributed by atoms with E-state index in [4.69, 9.17) is 9.47 Å². The standard InChI is InChI=1S/C13H21NO2/c1-5-16-9-11(3)14-13-7-6-12(15-4)8-10(13)2/h6-8,11,14H,5,9H2,1-4H3. The van der Waals surface area contributed by atoms with E-state index in [2.05, 4.69) is 19.2 Å². The van der Waals surface area contributed by atoms with Crippen molar-refractivity contribution in [3.05, 3.63) is 23.8 Å². The van der Waals surface area contributed by atoms with E-state index in [9.17, 15) is 0 Å². The molecular formula is C13H21NO2. The molecule has 1 aromatic rings. The Morgan fingerprint density at radius 1 is 1.38 bits per heavy atom. The zero-order valence-electron chi connectivity index (χ0n) is 10.5. The van der Waals surface area contributed by atoms with Crippen molar-refractivity contribution in [2.45, 2.75) is 26.8 Å². The molecule has 0 aliphatic rings. The fourth-order valence-corrected chi connectivity index (χ4v) is 1.53. The molecule has 1 atom stereocenters. The van der Waals surface area contributed by atoms with Crippen LogP contribution in [0.3, 0.4) is 0 Å². The van der Waals surface area contributed by atoms with Crippen LogP contribution in [0, 0.1) is 6.92 Å². The minimum Gasteiger partial charge on any atom is -0.497 e. The molecule has 0 aromatic heterocycles. The Bertz CT molecular complexity index is 326. The van der Waals surface area contributed by atoms with E-state index in [0.29, 0.717) is 6.04 Å². The molecule has 16 heavy (non-hydrogen) atoms. The van der Waals surface area contributed by atoms with Gasteiger partial charge in [-0.3, -0.25) is 0 Å². The summed E-state index contributed by atoms with van der Waals surface area (Å²) in [4.78, 5) is 0. The topological polar surface area (TPSA) is 30.5 Å². The molecule has 0 amide bonds. The number of ether oxygens (including phenoxy) is 2. The van der Waals surface area contributed by atoms with Gasteiger partial charge in [0, 0.05) is 18.3 Å². The lowest BCUT2D eigenvalue weighted by Crippen LogP contribution is -2.22. The Kier molecular flexibility index (Phi) is 5.12. The Hall–Kier alpha value is -1.22. The number of methoxy groups -OCH3 is 1. The molecule has 0 bridgehead atoms. The highest BCUT2D eigenvalue weighted by molar-refractivity contribution is 5.54. The molecule has 1 unspecified atom stereocenters. The van der Waals surface area contributed by atoms with Gasteiger partial charge >= 0.3 is 0 Å². The Morgan fingerprint density at radius 2 is 2.12 bits per heavy atom. The van der Waals surface area contributed by atoms with Gasteiger partial charge in [-0.2, -0.15) is 0 Å². The first-order valence-corrected chi connectivity index (χ1v) is 5.66. The number of aryl methyl sites for hydroxylation is 1. The Morgan fingerprint density at radius 3 is 2.69 bits per heavy atom. The van der Waals surface area contributed by atoms with Crippen molar-refractivity contribution in [1.82, 2.24) is 0 Å². The van der Waals surface area contributed by atoms with Gasteiger partial charge in [-0.25, -0.2) is 0 Å². The molecule has 3 heteroatoms. The van der Waals surface area contributed by atoms with Gasteiger partial charge in [-0.1, -0.05) is 0 Å². The highest BCUT2D eigenvalue weighted by Gasteiger charge is 2.04. The second-order valence-electron chi connectivity index (χ2n) is 3.89. The van der Waals surface area contributed by atoms with E-state index in [-0.39, 0.29) is 0 Å². The summed E-state index contributed by atoms with van der Waals surface area (Å²) in [6.45, 7) is 7.67. The molecule has 0 radical (unpaired) electrons. The minimum absolute atomic E-state index is 0.312. The van der Waals surface area contributed by atoms with Crippen LogP contribution < -0.4 is 10.1 Å². The van der Waals surface area contributed by atoms with Crippen LogP contribution in [0.5, 0.6) is 5.75 Å². The number of nitrogens with one attached hydrogen (secondary N) is 1. The molecule has 0 saturated carbocycles. The molecule has 3 nitrogen and oxygen atoms in total. The molecule has 1 N–H and O–H groups in total. The van der Waals surface area contributed by atoms with Gasteiger partial charge in [-0.15, -0.1) is 0 Å². The van der Waals surface area contributed by atoms with E-state index in [1.165, 1.54) is 5.56 Å². The molecule has 1 rings (SSSR count). The predicted molar refractivity (Wildman–Crippen MR) is 67.3 cm³/mol. The number of hydrogen-bond acceptors (Lipinski definition) is 3. The maximum Gasteiger partial charge on any atom is 0.119 e. The lowest BCUT2D eigenvalue weighted by atomic mass is 10.1. The largest absolute Gasteiger partial charge is 0.497 e. The lowest BCUT2D eigenvalue weighted by Gasteiger charge is -2.17. The van der Waals surface area contributed by atoms with Crippen LogP contribution in [-0.4, -0.2) is 26.4 Å². The summed E-state index contributed by atoms with van der Waals surface area (Å²) in [5.74, 6) is 0.889. The Labute approximate surface area is 97.8 Å². The lowest BCUT2D eigenvalue weighted by molar-refractivity contribution is 0.141. The van der Waals surface area contributed by atoms with Crippen LogP contribution in [0.25, 0.3) is 0 Å². The van der Waals surface area contributed by atoms with Crippen LogP contribution in [-0.2, 0) is 4.74 Å². The molecule has 1 aromatic carbocycles. The molecule has 0 aliphatic heterocycles. The minimum atomic E-state index is 0.312. The fourth-order valence-electron chi connectivity index (χ4n) is 1.53. The summed E-state index contributed by atoms with van der Waals surface area (Å²) in [7, 11) is 1.68. The zero-order chi connectivity index (χ0) is 12.0. The van der Waals surface area contributed by atoms with Crippen molar-refractivity contribution in [2.24, 2.45) is 0 Å². The van der Waals surface area contributed by atoms with Crippen LogP contribution in [0.2, 0.25) is 0 Å². The second-order valence-corrected chi connectivity index (χ2v) is 3.89. The van der Waals surface area contributed by atoms with Crippen molar-refractivity contribution < 1.29 is 9.47 Å². The molecule has 0 spiro atoms. The van der Waals surface area contributed by atoms with E-state index in [1.54, 1.807) is 7.11 Å². The van der Waals surface area contributed by atoms with Gasteiger partial charge < -0.3 is 14.8 Å². The average molecular weight is 223 g/mol. The normalized spacial score (nSPS) is 12.2. The summed E-state index contributed by atoms with van der Waals surface area (Å²) >= 11 is 0. The van der Waals surface area contributed by atoms with E-state index < -0.39 is 0 Å². The maximum absolute atomic E-state index is 5.37. The maximum atomic E-state index is 5.37. The van der Waals surface area contributed by atoms with Crippen LogP contribution in [0.4, 0.5) is 5.69 Å². The third-order valence-corrected chi connectivity index (χ3v) is 2.41. The first-order valence-electron chi connectivity index (χ1n) is 5.66. The van der Waals surface area contributed by atoms with E-state index in [1.807, 2.05) is 25.1 Å². The highest BCUT2D eigenvalue weighted by Crippen LogP contribution is 2.21. The quantitative estimate of drug-likeness (QED) is 0.804. The summed E-state index contributed by atoms with van der Waals surface area (Å²) in [6.07, 6.45) is 0. The van der Waals surface area contributed by atoms with Gasteiger partial charge in [-0.05, 0) is 44.5 Å². The number of hydrogen-bond donors (Lipinski definition) is 1. The summed E-state index contributed by atoms with van der Waals surface area (Å²) in [5.41, 5.74) is 2.32. The van der Waals surface area contributed by atoms with Crippen molar-refractivity contribution in [1.29, 1.82) is 0 Å². The van der Waals surface area contributed by atoms with Crippen molar-refractivity contribution >= 4 is 5.69 Å². The molecule has 90 valence electrons. The van der Waals surface area contributed by atoms with Gasteiger partial charge in [0.25, 0.3) is 0 Å². The summed E-state index contributed by atoms with van der Waals surface area (Å²) in [6, 6.07) is 6.33. The zero-order valence-corrected chi connectivity index (χ0v) is 10.5. The first-order chi connectivity index (χ1) is 7.67. The third kappa shape index (κ3) is 3.74. The number of anilines is 1. The summed E-state index contributed by atoms with van der Waals surface area (Å²) < 4.78 is 10.5. The van der Waals surface area contributed by atoms with Crippen LogP contribution in [0.1, 0.15) is 19.4 Å². The van der Waals surface area contributed by atoms with Crippen molar-refractivity contribution in [3.8, 4) is 5.75 Å². The SMILES string of the molecule is CCOCC(C)Nc1ccc(OC)cc1C. The predicted octanol–water partition coefficient (Wildman–Crippen LogP) is 2.84. The second kappa shape index (κ2) is 6.38. The van der Waals surface area contributed by atoms with E-state index >= 15 is 0 Å². The number of rotatable bonds is 6. The van der Waals surface area contributed by atoms with Crippen LogP contribution in [0.15, 0.2) is 18.2 Å². The molecule has 0 saturated heterocycles. The van der Waals surface area contributed by atoms with Gasteiger partial charge in [0.15, 0.2) is 0 Å². The molecular weight excluding hydrogens is 202 g/mol. The van der Waals surface area contributed by atoms with Gasteiger partial charge in [0.2, 0.25) is 0 Å². The van der Waals surface area contributed by atoms with Gasteiger partial charge in [0.1, 0.15) is 5.75 Å². The molecule has 0 aliphatic carbocycles. The van der Waals surface area contributed by atoms with Crippen molar-refractivity contribution in [3.63, 3.8) is 0 Å². The monoisotopic (exact) mass is 223 g/mol. The summed E-state index contributed by atoms with van der Waals surface area (Å²) in [5, 5.41) is 3.42. The van der Waals surface area contributed by atoms with Crippen LogP contribution >= 0.6 is 0 Å². The average Bonchev–Trinajstić information content (AvgIpc) is 2.29. The van der Waals surface area contributed by atoms with Crippen molar-refractivity contribution in [2.75, 3.05) is 25.6 Å². The molecule has 0 fully saturated rings. The van der Waals surface area contributed by atoms with E-state index in [0.717, 1.165) is 24.7 Å². The third-order valence-electron chi connectivity index (χ3n) is 2.41.